The summed E-state index contributed by atoms with van der Waals surface area (Å²) in [5.41, 5.74) is 3.44. The average Bonchev–Trinajstić information content (AvgIpc) is 2.93. The molecule has 0 saturated heterocycles. The maximum Gasteiger partial charge on any atom is 0.343 e. The fourth-order valence-electron chi connectivity index (χ4n) is 3.32. The van der Waals surface area contributed by atoms with Crippen LogP contribution in [0.25, 0.3) is 0 Å². The quantitative estimate of drug-likeness (QED) is 0.0803. The lowest BCUT2D eigenvalue weighted by atomic mass is 10.2. The highest BCUT2D eigenvalue weighted by molar-refractivity contribution is 6.35. The molecule has 0 unspecified atom stereocenters. The lowest BCUT2D eigenvalue weighted by Crippen LogP contribution is -2.35. The van der Waals surface area contributed by atoms with E-state index < -0.39 is 18.0 Å². The number of halogens is 2. The van der Waals surface area contributed by atoms with E-state index in [1.807, 2.05) is 0 Å². The fourth-order valence-corrected chi connectivity index (χ4v) is 3.77. The largest absolute Gasteiger partial charge is 0.494 e. The van der Waals surface area contributed by atoms with Crippen molar-refractivity contribution in [3.8, 4) is 23.0 Å². The number of rotatable bonds is 13. The zero-order valence-corrected chi connectivity index (χ0v) is 23.4. The number of amides is 1. The second-order valence-corrected chi connectivity index (χ2v) is 9.19. The van der Waals surface area contributed by atoms with Gasteiger partial charge in [0, 0.05) is 5.02 Å². The van der Waals surface area contributed by atoms with Crippen molar-refractivity contribution in [1.29, 1.82) is 0 Å². The summed E-state index contributed by atoms with van der Waals surface area (Å²) in [5.74, 6) is 0.626. The van der Waals surface area contributed by atoms with Gasteiger partial charge < -0.3 is 18.9 Å². The Bertz CT molecular complexity index is 1300. The SMILES string of the molecule is CCCCOc1ccc(C(=O)Oc2ccc(/C=N\NC(=O)[C@H](CC)Oc3ccc(Cl)cc3Cl)cc2OC)cc1. The molecule has 0 radical (unpaired) electrons. The summed E-state index contributed by atoms with van der Waals surface area (Å²) in [7, 11) is 1.46. The van der Waals surface area contributed by atoms with Gasteiger partial charge in [-0.15, -0.1) is 0 Å². The van der Waals surface area contributed by atoms with Crippen molar-refractivity contribution >= 4 is 41.3 Å². The first-order valence-electron chi connectivity index (χ1n) is 12.4. The van der Waals surface area contributed by atoms with E-state index in [0.29, 0.717) is 51.4 Å². The molecule has 1 atom stereocenters. The van der Waals surface area contributed by atoms with Crippen LogP contribution in [0.2, 0.25) is 10.0 Å². The number of esters is 1. The van der Waals surface area contributed by atoms with Gasteiger partial charge in [0.05, 0.1) is 30.5 Å². The number of hydrogen-bond acceptors (Lipinski definition) is 7. The predicted molar refractivity (Wildman–Crippen MR) is 152 cm³/mol. The molecule has 0 heterocycles. The minimum atomic E-state index is -0.811. The summed E-state index contributed by atoms with van der Waals surface area (Å²) in [6.45, 7) is 4.52. The summed E-state index contributed by atoms with van der Waals surface area (Å²) < 4.78 is 22.2. The molecule has 0 aromatic heterocycles. The summed E-state index contributed by atoms with van der Waals surface area (Å²) in [6, 6.07) is 16.4. The van der Waals surface area contributed by atoms with Crippen LogP contribution in [0.3, 0.4) is 0 Å². The first-order valence-corrected chi connectivity index (χ1v) is 13.2. The van der Waals surface area contributed by atoms with Gasteiger partial charge in [-0.25, -0.2) is 10.2 Å². The molecule has 0 saturated carbocycles. The van der Waals surface area contributed by atoms with Gasteiger partial charge in [-0.05, 0) is 79.1 Å². The molecule has 3 aromatic carbocycles. The third-order valence-corrected chi connectivity index (χ3v) is 5.99. The Morgan fingerprint density at radius 1 is 0.974 bits per heavy atom. The van der Waals surface area contributed by atoms with Gasteiger partial charge >= 0.3 is 5.97 Å². The molecule has 0 bridgehead atoms. The van der Waals surface area contributed by atoms with Gasteiger partial charge in [-0.1, -0.05) is 43.5 Å². The molecule has 3 aromatic rings. The van der Waals surface area contributed by atoms with Gasteiger partial charge in [0.2, 0.25) is 0 Å². The van der Waals surface area contributed by atoms with E-state index in [9.17, 15) is 9.59 Å². The van der Waals surface area contributed by atoms with E-state index >= 15 is 0 Å². The Kier molecular flexibility index (Phi) is 11.5. The van der Waals surface area contributed by atoms with Crippen LogP contribution in [-0.2, 0) is 4.79 Å². The van der Waals surface area contributed by atoms with Crippen LogP contribution in [0.5, 0.6) is 23.0 Å². The number of unbranched alkanes of at least 4 members (excludes halogenated alkanes) is 1. The Morgan fingerprint density at radius 3 is 2.38 bits per heavy atom. The van der Waals surface area contributed by atoms with E-state index in [2.05, 4.69) is 17.5 Å². The normalized spacial score (nSPS) is 11.6. The highest BCUT2D eigenvalue weighted by Gasteiger charge is 2.19. The van der Waals surface area contributed by atoms with Crippen LogP contribution < -0.4 is 24.4 Å². The number of hydrogen-bond donors (Lipinski definition) is 1. The van der Waals surface area contributed by atoms with Crippen LogP contribution >= 0.6 is 23.2 Å². The molecule has 206 valence electrons. The molecule has 1 amide bonds. The van der Waals surface area contributed by atoms with Gasteiger partial charge in [0.25, 0.3) is 5.91 Å². The number of carbonyl (C=O) groups excluding carboxylic acids is 2. The van der Waals surface area contributed by atoms with E-state index in [4.69, 9.17) is 42.1 Å². The molecule has 0 fully saturated rings. The fraction of sp³-hybridized carbons (Fsp3) is 0.276. The highest BCUT2D eigenvalue weighted by atomic mass is 35.5. The second-order valence-electron chi connectivity index (χ2n) is 8.35. The maximum absolute atomic E-state index is 12.6. The summed E-state index contributed by atoms with van der Waals surface area (Å²) in [5, 5.41) is 4.77. The predicted octanol–water partition coefficient (Wildman–Crippen LogP) is 6.71. The second kappa shape index (κ2) is 15.0. The minimum absolute atomic E-state index is 0.242. The third-order valence-electron chi connectivity index (χ3n) is 5.46. The first kappa shape index (κ1) is 29.8. The lowest BCUT2D eigenvalue weighted by molar-refractivity contribution is -0.128. The van der Waals surface area contributed by atoms with Crippen LogP contribution in [0.4, 0.5) is 0 Å². The van der Waals surface area contributed by atoms with Crippen molar-refractivity contribution in [2.45, 2.75) is 39.2 Å². The van der Waals surface area contributed by atoms with E-state index in [1.54, 1.807) is 61.5 Å². The minimum Gasteiger partial charge on any atom is -0.494 e. The van der Waals surface area contributed by atoms with Gasteiger partial charge in [0.15, 0.2) is 17.6 Å². The number of ether oxygens (including phenoxy) is 4. The van der Waals surface area contributed by atoms with Crippen LogP contribution in [0.1, 0.15) is 49.0 Å². The third kappa shape index (κ3) is 8.90. The Morgan fingerprint density at radius 2 is 1.72 bits per heavy atom. The first-order chi connectivity index (χ1) is 18.8. The van der Waals surface area contributed by atoms with Crippen LogP contribution in [0.15, 0.2) is 65.8 Å². The monoisotopic (exact) mass is 572 g/mol. The molecule has 1 N–H and O–H groups in total. The van der Waals surface area contributed by atoms with Crippen molar-refractivity contribution in [3.63, 3.8) is 0 Å². The molecule has 10 heteroatoms. The summed E-state index contributed by atoms with van der Waals surface area (Å²) in [4.78, 5) is 25.2. The standard InChI is InChI=1S/C29H30Cl2N2O6/c1-4-6-15-37-22-11-8-20(9-12-22)29(35)39-26-13-7-19(16-27(26)36-3)18-32-33-28(34)24(5-2)38-25-14-10-21(30)17-23(25)31/h7-14,16-18,24H,4-6,15H2,1-3H3,(H,33,34)/b32-18-/t24-/m0/s1. The molecule has 3 rings (SSSR count). The number of methoxy groups -OCH3 is 1. The van der Waals surface area contributed by atoms with Crippen molar-refractivity contribution < 1.29 is 28.5 Å². The molecule has 0 aliphatic heterocycles. The van der Waals surface area contributed by atoms with Gasteiger partial charge in [0.1, 0.15) is 11.5 Å². The van der Waals surface area contributed by atoms with E-state index in [1.165, 1.54) is 19.4 Å². The zero-order chi connectivity index (χ0) is 28.2. The molecule has 0 spiro atoms. The summed E-state index contributed by atoms with van der Waals surface area (Å²) in [6.07, 6.45) is 3.02. The molecule has 0 aliphatic carbocycles. The Hall–Kier alpha value is -3.75. The zero-order valence-electron chi connectivity index (χ0n) is 21.9. The molecule has 8 nitrogen and oxygen atoms in total. The molecular formula is C29H30Cl2N2O6. The number of carbonyl (C=O) groups is 2. The van der Waals surface area contributed by atoms with E-state index in [-0.39, 0.29) is 5.75 Å². The number of benzene rings is 3. The number of nitrogens with zero attached hydrogens (tertiary/aromatic N) is 1. The average molecular weight is 573 g/mol. The van der Waals surface area contributed by atoms with Gasteiger partial charge in [-0.2, -0.15) is 5.10 Å². The van der Waals surface area contributed by atoms with Crippen LogP contribution in [-0.4, -0.2) is 37.9 Å². The Labute approximate surface area is 237 Å². The van der Waals surface area contributed by atoms with Crippen LogP contribution in [0, 0.1) is 0 Å². The van der Waals surface area contributed by atoms with Crippen molar-refractivity contribution in [2.24, 2.45) is 5.10 Å². The number of nitrogens with one attached hydrogen (secondary N) is 1. The smallest absolute Gasteiger partial charge is 0.343 e. The van der Waals surface area contributed by atoms with Gasteiger partial charge in [-0.3, -0.25) is 4.79 Å². The van der Waals surface area contributed by atoms with Crippen molar-refractivity contribution in [3.05, 3.63) is 81.8 Å². The molecule has 0 aliphatic rings. The topological polar surface area (TPSA) is 95.5 Å². The van der Waals surface area contributed by atoms with Crippen molar-refractivity contribution in [1.82, 2.24) is 5.43 Å². The highest BCUT2D eigenvalue weighted by Crippen LogP contribution is 2.30. The van der Waals surface area contributed by atoms with Crippen molar-refractivity contribution in [2.75, 3.05) is 13.7 Å². The molecule has 39 heavy (non-hydrogen) atoms. The number of hydrazone groups is 1. The lowest BCUT2D eigenvalue weighted by Gasteiger charge is -2.16. The maximum atomic E-state index is 12.6. The molecular weight excluding hydrogens is 543 g/mol. The summed E-state index contributed by atoms with van der Waals surface area (Å²) >= 11 is 12.0. The Balaban J connectivity index is 1.59. The van der Waals surface area contributed by atoms with E-state index in [0.717, 1.165) is 12.8 Å².